The number of hydrogen-bond acceptors (Lipinski definition) is 2. The standard InChI is InChI=1S/C8H8O.C2H5NO/c1-5-3-7-4-8(9-7)6(5)2;1-2(3)4/h3-4H,1-2H3;1H3,(H2,3,4). The summed E-state index contributed by atoms with van der Waals surface area (Å²) in [6, 6.07) is 4.12. The first-order chi connectivity index (χ1) is 6.00. The molecule has 13 heavy (non-hydrogen) atoms. The molecule has 2 bridgehead atoms. The Morgan fingerprint density at radius 2 is 1.85 bits per heavy atom. The van der Waals surface area contributed by atoms with Crippen LogP contribution in [0.25, 0.3) is 0 Å². The van der Waals surface area contributed by atoms with Gasteiger partial charge in [0.25, 0.3) is 0 Å². The molecule has 0 radical (unpaired) electrons. The third kappa shape index (κ3) is 2.21. The predicted octanol–water partition coefficient (Wildman–Crippen LogP) is 1.90. The molecule has 0 aromatic heterocycles. The Labute approximate surface area is 77.5 Å². The summed E-state index contributed by atoms with van der Waals surface area (Å²) in [6.07, 6.45) is 0. The quantitative estimate of drug-likeness (QED) is 0.671. The summed E-state index contributed by atoms with van der Waals surface area (Å²) < 4.78 is 5.22. The topological polar surface area (TPSA) is 52.3 Å². The first-order valence-electron chi connectivity index (χ1n) is 4.06. The van der Waals surface area contributed by atoms with E-state index in [0.29, 0.717) is 0 Å². The first-order valence-corrected chi connectivity index (χ1v) is 4.06. The van der Waals surface area contributed by atoms with Gasteiger partial charge in [0.2, 0.25) is 5.91 Å². The van der Waals surface area contributed by atoms with E-state index in [2.05, 4.69) is 31.7 Å². The van der Waals surface area contributed by atoms with Crippen molar-refractivity contribution in [3.05, 3.63) is 23.3 Å². The Hall–Kier alpha value is -1.51. The molecule has 0 saturated heterocycles. The zero-order valence-electron chi connectivity index (χ0n) is 8.05. The number of carbonyl (C=O) groups is 1. The van der Waals surface area contributed by atoms with Gasteiger partial charge in [0, 0.05) is 13.0 Å². The van der Waals surface area contributed by atoms with Gasteiger partial charge in [-0.15, -0.1) is 0 Å². The highest BCUT2D eigenvalue weighted by Crippen LogP contribution is 2.39. The summed E-state index contributed by atoms with van der Waals surface area (Å²) >= 11 is 0. The van der Waals surface area contributed by atoms with E-state index in [1.807, 2.05) is 0 Å². The number of ether oxygens (including phenoxy) is 1. The van der Waals surface area contributed by atoms with Crippen LogP contribution in [0.4, 0.5) is 0 Å². The Balaban J connectivity index is 0.000000184. The lowest BCUT2D eigenvalue weighted by Crippen LogP contribution is -2.01. The highest BCUT2D eigenvalue weighted by atomic mass is 16.5. The van der Waals surface area contributed by atoms with E-state index < -0.39 is 0 Å². The second-order valence-corrected chi connectivity index (χ2v) is 3.08. The molecule has 3 nitrogen and oxygen atoms in total. The van der Waals surface area contributed by atoms with Gasteiger partial charge in [-0.1, -0.05) is 0 Å². The van der Waals surface area contributed by atoms with Crippen LogP contribution in [0.15, 0.2) is 12.1 Å². The van der Waals surface area contributed by atoms with Crippen molar-refractivity contribution in [1.29, 1.82) is 0 Å². The maximum atomic E-state index is 9.22. The summed E-state index contributed by atoms with van der Waals surface area (Å²) in [4.78, 5) is 9.22. The smallest absolute Gasteiger partial charge is 0.214 e. The molecule has 2 aliphatic heterocycles. The molecule has 3 heteroatoms. The Kier molecular flexibility index (Phi) is 2.56. The van der Waals surface area contributed by atoms with E-state index in [9.17, 15) is 4.79 Å². The normalized spacial score (nSPS) is 10.4. The molecule has 1 aromatic rings. The maximum Gasteiger partial charge on any atom is 0.214 e. The van der Waals surface area contributed by atoms with Crippen molar-refractivity contribution in [2.75, 3.05) is 0 Å². The van der Waals surface area contributed by atoms with Gasteiger partial charge in [-0.2, -0.15) is 0 Å². The number of fused-ring (bicyclic) bond motifs is 2. The van der Waals surface area contributed by atoms with Gasteiger partial charge in [0.05, 0.1) is 0 Å². The fraction of sp³-hybridized carbons (Fsp3) is 0.300. The van der Waals surface area contributed by atoms with Crippen molar-refractivity contribution < 1.29 is 9.53 Å². The van der Waals surface area contributed by atoms with Crippen LogP contribution < -0.4 is 10.5 Å². The van der Waals surface area contributed by atoms with Crippen LogP contribution in [0.3, 0.4) is 0 Å². The number of nitrogens with two attached hydrogens (primary N) is 1. The molecule has 0 spiro atoms. The van der Waals surface area contributed by atoms with Crippen molar-refractivity contribution in [3.63, 3.8) is 0 Å². The average Bonchev–Trinajstić information content (AvgIpc) is 1.90. The van der Waals surface area contributed by atoms with Crippen LogP contribution >= 0.6 is 0 Å². The minimum Gasteiger partial charge on any atom is -0.457 e. The first kappa shape index (κ1) is 9.58. The Morgan fingerprint density at radius 1 is 1.38 bits per heavy atom. The number of carbonyl (C=O) groups excluding carboxylic acids is 1. The molecule has 0 saturated carbocycles. The van der Waals surface area contributed by atoms with Crippen LogP contribution in [0.1, 0.15) is 18.1 Å². The number of aryl methyl sites for hydroxylation is 1. The van der Waals surface area contributed by atoms with Crippen LogP contribution in [0.2, 0.25) is 0 Å². The molecule has 0 unspecified atom stereocenters. The Bertz CT molecular complexity index is 337. The van der Waals surface area contributed by atoms with Gasteiger partial charge in [-0.25, -0.2) is 0 Å². The molecule has 0 fully saturated rings. The summed E-state index contributed by atoms with van der Waals surface area (Å²) in [5.41, 5.74) is 7.07. The van der Waals surface area contributed by atoms with Crippen molar-refractivity contribution in [3.8, 4) is 11.5 Å². The zero-order chi connectivity index (χ0) is 10.0. The van der Waals surface area contributed by atoms with Crippen LogP contribution in [0.5, 0.6) is 11.5 Å². The van der Waals surface area contributed by atoms with Gasteiger partial charge in [-0.3, -0.25) is 4.79 Å². The van der Waals surface area contributed by atoms with Gasteiger partial charge >= 0.3 is 0 Å². The van der Waals surface area contributed by atoms with E-state index in [-0.39, 0.29) is 5.91 Å². The van der Waals surface area contributed by atoms with Gasteiger partial charge in [-0.05, 0) is 31.0 Å². The lowest BCUT2D eigenvalue weighted by molar-refractivity contribution is -0.115. The van der Waals surface area contributed by atoms with E-state index in [1.54, 1.807) is 0 Å². The number of hydrogen-bond donors (Lipinski definition) is 1. The van der Waals surface area contributed by atoms with E-state index in [1.165, 1.54) is 18.1 Å². The van der Waals surface area contributed by atoms with Gasteiger partial charge in [0.15, 0.2) is 0 Å². The van der Waals surface area contributed by atoms with Crippen molar-refractivity contribution >= 4 is 5.91 Å². The van der Waals surface area contributed by atoms with Gasteiger partial charge in [0.1, 0.15) is 11.5 Å². The lowest BCUT2D eigenvalue weighted by atomic mass is 10.1. The number of primary amides is 1. The second kappa shape index (κ2) is 3.47. The second-order valence-electron chi connectivity index (χ2n) is 3.08. The summed E-state index contributed by atoms with van der Waals surface area (Å²) in [7, 11) is 0. The van der Waals surface area contributed by atoms with Crippen LogP contribution in [-0.2, 0) is 4.79 Å². The number of benzene rings is 1. The number of amides is 1. The molecule has 2 N–H and O–H groups in total. The molecule has 2 aliphatic rings. The molecular weight excluding hydrogens is 166 g/mol. The fourth-order valence-corrected chi connectivity index (χ4v) is 1.03. The SMILES string of the molecule is CC(N)=O.Cc1cc2cc(c1C)O2. The van der Waals surface area contributed by atoms with E-state index >= 15 is 0 Å². The lowest BCUT2D eigenvalue weighted by Gasteiger charge is -2.20. The summed E-state index contributed by atoms with van der Waals surface area (Å²) in [5, 5.41) is 0. The molecule has 0 atom stereocenters. The van der Waals surface area contributed by atoms with Crippen LogP contribution in [0, 0.1) is 13.8 Å². The summed E-state index contributed by atoms with van der Waals surface area (Å²) in [6.45, 7) is 5.48. The Morgan fingerprint density at radius 3 is 2.08 bits per heavy atom. The molecule has 1 amide bonds. The number of rotatable bonds is 0. The molecule has 1 aromatic carbocycles. The van der Waals surface area contributed by atoms with Crippen LogP contribution in [-0.4, -0.2) is 5.91 Å². The minimum atomic E-state index is -0.333. The summed E-state index contributed by atoms with van der Waals surface area (Å²) in [5.74, 6) is 1.72. The van der Waals surface area contributed by atoms with Crippen molar-refractivity contribution in [2.24, 2.45) is 5.73 Å². The van der Waals surface area contributed by atoms with Crippen molar-refractivity contribution in [2.45, 2.75) is 20.8 Å². The van der Waals surface area contributed by atoms with E-state index in [4.69, 9.17) is 4.74 Å². The van der Waals surface area contributed by atoms with E-state index in [0.717, 1.165) is 11.5 Å². The fourth-order valence-electron chi connectivity index (χ4n) is 1.03. The average molecular weight is 179 g/mol. The molecular formula is C10H13NO2. The molecule has 0 aliphatic carbocycles. The predicted molar refractivity (Wildman–Crippen MR) is 50.9 cm³/mol. The highest BCUT2D eigenvalue weighted by molar-refractivity contribution is 5.70. The monoisotopic (exact) mass is 179 g/mol. The van der Waals surface area contributed by atoms with Gasteiger partial charge < -0.3 is 10.5 Å². The molecule has 2 heterocycles. The molecule has 3 rings (SSSR count). The largest absolute Gasteiger partial charge is 0.457 e. The third-order valence-electron chi connectivity index (χ3n) is 1.82. The van der Waals surface area contributed by atoms with Crippen molar-refractivity contribution in [1.82, 2.24) is 0 Å². The zero-order valence-corrected chi connectivity index (χ0v) is 8.05. The highest BCUT2D eigenvalue weighted by Gasteiger charge is 2.14. The minimum absolute atomic E-state index is 0.333. The maximum absolute atomic E-state index is 9.22. The third-order valence-corrected chi connectivity index (χ3v) is 1.82. The molecule has 70 valence electrons.